The molecule has 0 saturated heterocycles. The van der Waals surface area contributed by atoms with E-state index in [2.05, 4.69) is 65.4 Å². The highest BCUT2D eigenvalue weighted by Crippen LogP contribution is 2.27. The van der Waals surface area contributed by atoms with Crippen LogP contribution >= 0.6 is 15.9 Å². The Bertz CT molecular complexity index is 588. The van der Waals surface area contributed by atoms with Gasteiger partial charge in [-0.3, -0.25) is 0 Å². The SMILES string of the molecule is Cc1ccc(NCC(C)(C)c2ccc(Br)cc2)c(N)c1. The van der Waals surface area contributed by atoms with Gasteiger partial charge in [0.2, 0.25) is 0 Å². The van der Waals surface area contributed by atoms with Gasteiger partial charge in [-0.25, -0.2) is 0 Å². The van der Waals surface area contributed by atoms with Gasteiger partial charge < -0.3 is 11.1 Å². The zero-order valence-corrected chi connectivity index (χ0v) is 13.8. The Balaban J connectivity index is 2.10. The molecule has 0 saturated carbocycles. The van der Waals surface area contributed by atoms with E-state index in [0.29, 0.717) is 0 Å². The van der Waals surface area contributed by atoms with E-state index < -0.39 is 0 Å². The number of nitrogens with one attached hydrogen (secondary N) is 1. The molecule has 2 aromatic carbocycles. The van der Waals surface area contributed by atoms with Crippen molar-refractivity contribution in [3.05, 3.63) is 58.1 Å². The predicted molar refractivity (Wildman–Crippen MR) is 91.2 cm³/mol. The van der Waals surface area contributed by atoms with Crippen LogP contribution in [0.1, 0.15) is 25.0 Å². The van der Waals surface area contributed by atoms with Crippen LogP contribution in [-0.4, -0.2) is 6.54 Å². The molecule has 0 unspecified atom stereocenters. The number of nitrogen functional groups attached to an aromatic ring is 1. The van der Waals surface area contributed by atoms with Crippen LogP contribution < -0.4 is 11.1 Å². The number of hydrogen-bond acceptors (Lipinski definition) is 2. The van der Waals surface area contributed by atoms with Gasteiger partial charge in [0.05, 0.1) is 11.4 Å². The van der Waals surface area contributed by atoms with Crippen LogP contribution in [0.3, 0.4) is 0 Å². The Morgan fingerprint density at radius 3 is 2.35 bits per heavy atom. The van der Waals surface area contributed by atoms with Gasteiger partial charge in [0, 0.05) is 16.4 Å². The van der Waals surface area contributed by atoms with Crippen LogP contribution in [0, 0.1) is 6.92 Å². The second-order valence-corrected chi connectivity index (χ2v) is 6.75. The van der Waals surface area contributed by atoms with Gasteiger partial charge >= 0.3 is 0 Å². The Kier molecular flexibility index (Phi) is 4.39. The van der Waals surface area contributed by atoms with E-state index in [9.17, 15) is 0 Å². The maximum Gasteiger partial charge on any atom is 0.0574 e. The van der Waals surface area contributed by atoms with Gasteiger partial charge in [0.15, 0.2) is 0 Å². The average Bonchev–Trinajstić information content (AvgIpc) is 2.38. The molecular formula is C17H21BrN2. The summed E-state index contributed by atoms with van der Waals surface area (Å²) in [5.41, 5.74) is 10.4. The lowest BCUT2D eigenvalue weighted by atomic mass is 9.84. The molecule has 0 aliphatic rings. The van der Waals surface area contributed by atoms with Crippen molar-refractivity contribution in [1.82, 2.24) is 0 Å². The Labute approximate surface area is 129 Å². The number of benzene rings is 2. The van der Waals surface area contributed by atoms with Crippen LogP contribution in [0.5, 0.6) is 0 Å². The molecular weight excluding hydrogens is 312 g/mol. The molecule has 3 N–H and O–H groups in total. The molecule has 0 aliphatic heterocycles. The van der Waals surface area contributed by atoms with Crippen LogP contribution in [-0.2, 0) is 5.41 Å². The molecule has 0 radical (unpaired) electrons. The average molecular weight is 333 g/mol. The minimum Gasteiger partial charge on any atom is -0.397 e. The highest BCUT2D eigenvalue weighted by Gasteiger charge is 2.20. The van der Waals surface area contributed by atoms with E-state index in [1.54, 1.807) is 0 Å². The third kappa shape index (κ3) is 3.54. The third-order valence-electron chi connectivity index (χ3n) is 3.55. The predicted octanol–water partition coefficient (Wildman–Crippen LogP) is 4.73. The van der Waals surface area contributed by atoms with Crippen LogP contribution in [0.2, 0.25) is 0 Å². The zero-order chi connectivity index (χ0) is 14.8. The minimum absolute atomic E-state index is 0.0397. The van der Waals surface area contributed by atoms with Crippen LogP contribution in [0.15, 0.2) is 46.9 Å². The van der Waals surface area contributed by atoms with Gasteiger partial charge in [-0.1, -0.05) is 48.0 Å². The van der Waals surface area contributed by atoms with Crippen molar-refractivity contribution < 1.29 is 0 Å². The zero-order valence-electron chi connectivity index (χ0n) is 12.2. The molecule has 3 heteroatoms. The monoisotopic (exact) mass is 332 g/mol. The van der Waals surface area contributed by atoms with Crippen LogP contribution in [0.4, 0.5) is 11.4 Å². The Hall–Kier alpha value is -1.48. The summed E-state index contributed by atoms with van der Waals surface area (Å²) in [6.45, 7) is 7.34. The first-order chi connectivity index (χ1) is 9.38. The molecule has 0 bridgehead atoms. The standard InChI is InChI=1S/C17H21BrN2/c1-12-4-9-16(15(19)10-12)20-11-17(2,3)13-5-7-14(18)8-6-13/h4-10,20H,11,19H2,1-3H3. The molecule has 2 nitrogen and oxygen atoms in total. The van der Waals surface area contributed by atoms with Gasteiger partial charge in [0.1, 0.15) is 0 Å². The molecule has 2 aromatic rings. The van der Waals surface area contributed by atoms with Gasteiger partial charge in [-0.2, -0.15) is 0 Å². The lowest BCUT2D eigenvalue weighted by molar-refractivity contribution is 0.557. The summed E-state index contributed by atoms with van der Waals surface area (Å²) in [6.07, 6.45) is 0. The van der Waals surface area contributed by atoms with Crippen molar-refractivity contribution in [2.24, 2.45) is 0 Å². The van der Waals surface area contributed by atoms with Gasteiger partial charge in [-0.05, 0) is 42.3 Å². The number of rotatable bonds is 4. The third-order valence-corrected chi connectivity index (χ3v) is 4.08. The lowest BCUT2D eigenvalue weighted by Gasteiger charge is -2.26. The van der Waals surface area contributed by atoms with E-state index in [0.717, 1.165) is 22.4 Å². The summed E-state index contributed by atoms with van der Waals surface area (Å²) in [7, 11) is 0. The molecule has 20 heavy (non-hydrogen) atoms. The maximum atomic E-state index is 6.04. The van der Waals surface area contributed by atoms with E-state index in [1.807, 2.05) is 19.1 Å². The first-order valence-electron chi connectivity index (χ1n) is 6.74. The lowest BCUT2D eigenvalue weighted by Crippen LogP contribution is -2.27. The van der Waals surface area contributed by atoms with E-state index in [4.69, 9.17) is 5.73 Å². The summed E-state index contributed by atoms with van der Waals surface area (Å²) in [5.74, 6) is 0. The first kappa shape index (κ1) is 14.9. The molecule has 0 amide bonds. The second kappa shape index (κ2) is 5.88. The van der Waals surface area contributed by atoms with Crippen molar-refractivity contribution in [2.75, 3.05) is 17.6 Å². The summed E-state index contributed by atoms with van der Waals surface area (Å²) < 4.78 is 1.10. The molecule has 0 aliphatic carbocycles. The molecule has 106 valence electrons. The van der Waals surface area contributed by atoms with Crippen LogP contribution in [0.25, 0.3) is 0 Å². The smallest absolute Gasteiger partial charge is 0.0574 e. The van der Waals surface area contributed by atoms with E-state index in [1.165, 1.54) is 11.1 Å². The second-order valence-electron chi connectivity index (χ2n) is 5.84. The number of aryl methyl sites for hydroxylation is 1. The van der Waals surface area contributed by atoms with Crippen molar-refractivity contribution in [2.45, 2.75) is 26.2 Å². The topological polar surface area (TPSA) is 38.0 Å². The highest BCUT2D eigenvalue weighted by atomic mass is 79.9. The van der Waals surface area contributed by atoms with Crippen molar-refractivity contribution in [3.63, 3.8) is 0 Å². The largest absolute Gasteiger partial charge is 0.397 e. The number of nitrogens with two attached hydrogens (primary N) is 1. The summed E-state index contributed by atoms with van der Waals surface area (Å²) >= 11 is 3.47. The normalized spacial score (nSPS) is 11.4. The quantitative estimate of drug-likeness (QED) is 0.794. The molecule has 0 spiro atoms. The Morgan fingerprint density at radius 2 is 1.75 bits per heavy atom. The summed E-state index contributed by atoms with van der Waals surface area (Å²) in [4.78, 5) is 0. The first-order valence-corrected chi connectivity index (χ1v) is 7.54. The number of halogens is 1. The fraction of sp³-hybridized carbons (Fsp3) is 0.294. The number of anilines is 2. The van der Waals surface area contributed by atoms with E-state index in [-0.39, 0.29) is 5.41 Å². The molecule has 0 atom stereocenters. The summed E-state index contributed by atoms with van der Waals surface area (Å²) in [6, 6.07) is 14.6. The Morgan fingerprint density at radius 1 is 1.10 bits per heavy atom. The fourth-order valence-corrected chi connectivity index (χ4v) is 2.43. The van der Waals surface area contributed by atoms with Crippen molar-refractivity contribution in [3.8, 4) is 0 Å². The molecule has 0 aromatic heterocycles. The molecule has 2 rings (SSSR count). The van der Waals surface area contributed by atoms with Gasteiger partial charge in [0.25, 0.3) is 0 Å². The maximum absolute atomic E-state index is 6.04. The molecule has 0 fully saturated rings. The highest BCUT2D eigenvalue weighted by molar-refractivity contribution is 9.10. The molecule has 0 heterocycles. The fourth-order valence-electron chi connectivity index (χ4n) is 2.16. The van der Waals surface area contributed by atoms with Gasteiger partial charge in [-0.15, -0.1) is 0 Å². The van der Waals surface area contributed by atoms with Crippen molar-refractivity contribution in [1.29, 1.82) is 0 Å². The van der Waals surface area contributed by atoms with E-state index >= 15 is 0 Å². The summed E-state index contributed by atoms with van der Waals surface area (Å²) in [5, 5.41) is 3.46. The van der Waals surface area contributed by atoms with Crippen molar-refractivity contribution >= 4 is 27.3 Å². The minimum atomic E-state index is 0.0397. The number of hydrogen-bond donors (Lipinski definition) is 2.